The third-order valence-electron chi connectivity index (χ3n) is 2.94. The molecule has 0 aliphatic heterocycles. The number of nitrogens with zero attached hydrogens (tertiary/aromatic N) is 1. The molecule has 0 spiro atoms. The van der Waals surface area contributed by atoms with Crippen LogP contribution in [0.15, 0.2) is 35.3 Å². The van der Waals surface area contributed by atoms with Gasteiger partial charge in [-0.2, -0.15) is 0 Å². The van der Waals surface area contributed by atoms with E-state index in [4.69, 9.17) is 5.73 Å². The molecule has 1 unspecified atom stereocenters. The molecule has 1 aromatic carbocycles. The predicted octanol–water partition coefficient (Wildman–Crippen LogP) is 2.44. The van der Waals surface area contributed by atoms with E-state index in [0.29, 0.717) is 11.3 Å². The van der Waals surface area contributed by atoms with Gasteiger partial charge in [0.05, 0.1) is 0 Å². The average Bonchev–Trinajstić information content (AvgIpc) is 2.30. The standard InChI is InChI=1S/C14H14F2N2O/c1-8-6-13(19)10(9(2)17)7-18(8)14-11(15)4-3-5-12(14)16/h3-7,9H,17H2,1-2H3. The average molecular weight is 264 g/mol. The Labute approximate surface area is 109 Å². The highest BCUT2D eigenvalue weighted by Gasteiger charge is 2.14. The van der Waals surface area contributed by atoms with E-state index in [-0.39, 0.29) is 11.1 Å². The van der Waals surface area contributed by atoms with Crippen molar-refractivity contribution in [2.24, 2.45) is 5.73 Å². The second kappa shape index (κ2) is 4.93. The highest BCUT2D eigenvalue weighted by Crippen LogP contribution is 2.20. The number of pyridine rings is 1. The van der Waals surface area contributed by atoms with Gasteiger partial charge in [-0.05, 0) is 26.0 Å². The molecular weight excluding hydrogens is 250 g/mol. The minimum absolute atomic E-state index is 0.207. The molecule has 1 aromatic heterocycles. The number of benzene rings is 1. The first-order chi connectivity index (χ1) is 8.91. The van der Waals surface area contributed by atoms with Crippen molar-refractivity contribution in [2.75, 3.05) is 0 Å². The molecule has 0 fully saturated rings. The van der Waals surface area contributed by atoms with Crippen molar-refractivity contribution < 1.29 is 8.78 Å². The normalized spacial score (nSPS) is 12.5. The zero-order valence-corrected chi connectivity index (χ0v) is 10.7. The van der Waals surface area contributed by atoms with E-state index in [1.165, 1.54) is 35.0 Å². The Morgan fingerprint density at radius 3 is 2.37 bits per heavy atom. The Bertz CT molecular complexity index is 657. The molecule has 5 heteroatoms. The number of para-hydroxylation sites is 1. The van der Waals surface area contributed by atoms with Gasteiger partial charge >= 0.3 is 0 Å². The van der Waals surface area contributed by atoms with Gasteiger partial charge in [0.1, 0.15) is 17.3 Å². The van der Waals surface area contributed by atoms with Crippen LogP contribution in [0.4, 0.5) is 8.78 Å². The van der Waals surface area contributed by atoms with Gasteiger partial charge in [-0.25, -0.2) is 8.78 Å². The number of hydrogen-bond donors (Lipinski definition) is 1. The molecule has 0 saturated carbocycles. The molecule has 0 aliphatic rings. The van der Waals surface area contributed by atoms with Crippen molar-refractivity contribution in [3.63, 3.8) is 0 Å². The van der Waals surface area contributed by atoms with Crippen molar-refractivity contribution in [1.82, 2.24) is 4.57 Å². The lowest BCUT2D eigenvalue weighted by molar-refractivity contribution is 0.566. The van der Waals surface area contributed by atoms with Gasteiger partial charge in [-0.15, -0.1) is 0 Å². The van der Waals surface area contributed by atoms with E-state index in [0.717, 1.165) is 0 Å². The Balaban J connectivity index is 2.76. The monoisotopic (exact) mass is 264 g/mol. The summed E-state index contributed by atoms with van der Waals surface area (Å²) < 4.78 is 28.9. The first-order valence-corrected chi connectivity index (χ1v) is 5.85. The molecule has 0 amide bonds. The Kier molecular flexibility index (Phi) is 3.48. The summed E-state index contributed by atoms with van der Waals surface area (Å²) in [5, 5.41) is 0. The summed E-state index contributed by atoms with van der Waals surface area (Å²) >= 11 is 0. The van der Waals surface area contributed by atoms with E-state index in [1.807, 2.05) is 0 Å². The molecule has 0 radical (unpaired) electrons. The van der Waals surface area contributed by atoms with E-state index in [1.54, 1.807) is 13.8 Å². The maximum absolute atomic E-state index is 13.8. The number of aryl methyl sites for hydroxylation is 1. The van der Waals surface area contributed by atoms with Crippen LogP contribution in [0.2, 0.25) is 0 Å². The number of hydrogen-bond acceptors (Lipinski definition) is 2. The maximum Gasteiger partial charge on any atom is 0.186 e. The topological polar surface area (TPSA) is 48.0 Å². The summed E-state index contributed by atoms with van der Waals surface area (Å²) in [6.45, 7) is 3.26. The Hall–Kier alpha value is -2.01. The summed E-state index contributed by atoms with van der Waals surface area (Å²) in [6.07, 6.45) is 1.39. The summed E-state index contributed by atoms with van der Waals surface area (Å²) in [4.78, 5) is 11.8. The van der Waals surface area contributed by atoms with Crippen molar-refractivity contribution in [3.8, 4) is 5.69 Å². The van der Waals surface area contributed by atoms with E-state index >= 15 is 0 Å². The summed E-state index contributed by atoms with van der Waals surface area (Å²) in [5.74, 6) is -1.38. The van der Waals surface area contributed by atoms with Crippen LogP contribution in [0.5, 0.6) is 0 Å². The quantitative estimate of drug-likeness (QED) is 0.905. The maximum atomic E-state index is 13.8. The summed E-state index contributed by atoms with van der Waals surface area (Å²) in [7, 11) is 0. The number of aromatic nitrogens is 1. The lowest BCUT2D eigenvalue weighted by Crippen LogP contribution is -2.21. The van der Waals surface area contributed by atoms with Crippen LogP contribution in [0.1, 0.15) is 24.2 Å². The molecule has 19 heavy (non-hydrogen) atoms. The smallest absolute Gasteiger partial charge is 0.186 e. The molecule has 0 saturated heterocycles. The summed E-state index contributed by atoms with van der Waals surface area (Å²) in [5.41, 5.74) is 6.00. The first kappa shape index (κ1) is 13.4. The van der Waals surface area contributed by atoms with Gasteiger partial charge in [-0.1, -0.05) is 6.07 Å². The highest BCUT2D eigenvalue weighted by atomic mass is 19.1. The van der Waals surface area contributed by atoms with Crippen LogP contribution in [-0.4, -0.2) is 4.57 Å². The SMILES string of the molecule is Cc1cc(=O)c(C(C)N)cn1-c1c(F)cccc1F. The third-order valence-corrected chi connectivity index (χ3v) is 2.94. The van der Waals surface area contributed by atoms with Crippen molar-refractivity contribution in [1.29, 1.82) is 0 Å². The van der Waals surface area contributed by atoms with Gasteiger partial charge in [0, 0.05) is 29.6 Å². The molecule has 3 nitrogen and oxygen atoms in total. The zero-order chi connectivity index (χ0) is 14.2. The lowest BCUT2D eigenvalue weighted by Gasteiger charge is -2.15. The fourth-order valence-corrected chi connectivity index (χ4v) is 1.95. The molecule has 1 atom stereocenters. The van der Waals surface area contributed by atoms with Crippen LogP contribution < -0.4 is 11.2 Å². The predicted molar refractivity (Wildman–Crippen MR) is 69.3 cm³/mol. The Morgan fingerprint density at radius 1 is 1.26 bits per heavy atom. The van der Waals surface area contributed by atoms with Gasteiger partial charge in [0.15, 0.2) is 5.43 Å². The fourth-order valence-electron chi connectivity index (χ4n) is 1.95. The molecule has 0 aliphatic carbocycles. The molecular formula is C14H14F2N2O. The van der Waals surface area contributed by atoms with Gasteiger partial charge < -0.3 is 10.3 Å². The molecule has 0 bridgehead atoms. The van der Waals surface area contributed by atoms with E-state index < -0.39 is 17.7 Å². The van der Waals surface area contributed by atoms with Gasteiger partial charge in [-0.3, -0.25) is 4.79 Å². The second-order valence-electron chi connectivity index (χ2n) is 4.46. The number of rotatable bonds is 2. The minimum atomic E-state index is -0.692. The molecule has 2 rings (SSSR count). The third kappa shape index (κ3) is 2.42. The minimum Gasteiger partial charge on any atom is -0.324 e. The van der Waals surface area contributed by atoms with Gasteiger partial charge in [0.25, 0.3) is 0 Å². The van der Waals surface area contributed by atoms with E-state index in [9.17, 15) is 13.6 Å². The van der Waals surface area contributed by atoms with Crippen molar-refractivity contribution >= 4 is 0 Å². The largest absolute Gasteiger partial charge is 0.324 e. The van der Waals surface area contributed by atoms with Crippen LogP contribution in [-0.2, 0) is 0 Å². The fraction of sp³-hybridized carbons (Fsp3) is 0.214. The lowest BCUT2D eigenvalue weighted by atomic mass is 10.1. The van der Waals surface area contributed by atoms with Gasteiger partial charge in [0.2, 0.25) is 0 Å². The summed E-state index contributed by atoms with van der Waals surface area (Å²) in [6, 6.07) is 4.45. The molecule has 100 valence electrons. The zero-order valence-electron chi connectivity index (χ0n) is 10.7. The van der Waals surface area contributed by atoms with Crippen LogP contribution in [0, 0.1) is 18.6 Å². The number of nitrogens with two attached hydrogens (primary N) is 1. The highest BCUT2D eigenvalue weighted by molar-refractivity contribution is 5.38. The van der Waals surface area contributed by atoms with Crippen molar-refractivity contribution in [2.45, 2.75) is 19.9 Å². The number of halogens is 2. The van der Waals surface area contributed by atoms with Crippen LogP contribution >= 0.6 is 0 Å². The van der Waals surface area contributed by atoms with Crippen molar-refractivity contribution in [3.05, 3.63) is 63.6 Å². The molecule has 2 aromatic rings. The molecule has 1 heterocycles. The van der Waals surface area contributed by atoms with Crippen LogP contribution in [0.3, 0.4) is 0 Å². The second-order valence-corrected chi connectivity index (χ2v) is 4.46. The van der Waals surface area contributed by atoms with E-state index in [2.05, 4.69) is 0 Å². The Morgan fingerprint density at radius 2 is 1.84 bits per heavy atom. The van der Waals surface area contributed by atoms with Crippen LogP contribution in [0.25, 0.3) is 5.69 Å². The molecule has 2 N–H and O–H groups in total. The first-order valence-electron chi connectivity index (χ1n) is 5.85.